The number of thiophene rings is 4. The molecule has 0 aliphatic heterocycles. The molecule has 9 nitrogen and oxygen atoms in total. The van der Waals surface area contributed by atoms with Gasteiger partial charge >= 0.3 is 7.69 Å². The monoisotopic (exact) mass is 1760 g/mol. The van der Waals surface area contributed by atoms with Gasteiger partial charge in [-0.3, -0.25) is 9.59 Å². The molecule has 0 saturated carbocycles. The Morgan fingerprint density at radius 1 is 0.426 bits per heavy atom. The number of nitrogens with zero attached hydrogens (tertiary/aromatic N) is 1. The van der Waals surface area contributed by atoms with E-state index >= 15 is 0 Å². The van der Waals surface area contributed by atoms with Gasteiger partial charge in [-0.25, -0.2) is 4.98 Å². The van der Waals surface area contributed by atoms with Crippen molar-refractivity contribution in [2.24, 2.45) is 0 Å². The lowest BCUT2D eigenvalue weighted by molar-refractivity contribution is 0.102. The van der Waals surface area contributed by atoms with Crippen LogP contribution in [-0.2, 0) is 0 Å². The average molecular weight is 1760 g/mol. The Labute approximate surface area is 681 Å². The zero-order valence-electron chi connectivity index (χ0n) is 57.3. The molecule has 0 saturated heterocycles. The number of pyridine rings is 1. The van der Waals surface area contributed by atoms with E-state index in [4.69, 9.17) is 37.7 Å². The van der Waals surface area contributed by atoms with Crippen molar-refractivity contribution in [1.29, 1.82) is 0 Å². The van der Waals surface area contributed by atoms with Gasteiger partial charge in [0.2, 0.25) is 0 Å². The number of carbonyl (C=O) groups is 2. The van der Waals surface area contributed by atoms with Crippen LogP contribution in [0.15, 0.2) is 364 Å². The Balaban J connectivity index is 0.000000122. The van der Waals surface area contributed by atoms with Crippen LogP contribution >= 0.6 is 121 Å². The minimum Gasteiger partial charge on any atom is -0.530 e. The van der Waals surface area contributed by atoms with E-state index < -0.39 is 5.24 Å². The first kappa shape index (κ1) is 77.6. The van der Waals surface area contributed by atoms with E-state index in [1.54, 1.807) is 46.9 Å². The first-order valence-corrected chi connectivity index (χ1v) is 40.4. The largest absolute Gasteiger partial charge is 0.569 e. The van der Waals surface area contributed by atoms with E-state index in [2.05, 4.69) is 202 Å². The summed E-state index contributed by atoms with van der Waals surface area (Å²) in [5.41, 5.74) is 22.7. The van der Waals surface area contributed by atoms with Gasteiger partial charge in [-0.05, 0) is 201 Å². The quantitative estimate of drug-likeness (QED) is 0.0516. The molecule has 108 heavy (non-hydrogen) atoms. The molecule has 5 heterocycles. The van der Waals surface area contributed by atoms with Crippen molar-refractivity contribution in [1.82, 2.24) is 4.98 Å². The van der Waals surface area contributed by atoms with Crippen molar-refractivity contribution in [2.45, 2.75) is 0 Å². The summed E-state index contributed by atoms with van der Waals surface area (Å²) in [4.78, 5) is 30.5. The fraction of sp³-hybridized carbons (Fsp3) is 0. The van der Waals surface area contributed by atoms with Crippen LogP contribution in [0.1, 0.15) is 20.7 Å². The predicted molar refractivity (Wildman–Crippen MR) is 478 cm³/mol. The molecule has 5 aromatic heterocycles. The number of para-hydroxylation sites is 6. The Morgan fingerprint density at radius 2 is 0.870 bits per heavy atom. The molecular formula is C89H64BBr4ClN5O4S4. The Hall–Kier alpha value is -10.1. The number of nitrogens with two attached hydrogens (primary N) is 2. The highest BCUT2D eigenvalue weighted by Gasteiger charge is 2.17. The van der Waals surface area contributed by atoms with Gasteiger partial charge in [-0.15, -0.1) is 45.3 Å². The number of hydrogen-bond acceptors (Lipinski definition) is 12. The maximum absolute atomic E-state index is 12.6. The number of halogens is 5. The molecule has 0 aliphatic carbocycles. The number of amides is 1. The molecule has 13 aromatic carbocycles. The zero-order valence-corrected chi connectivity index (χ0v) is 67.6. The van der Waals surface area contributed by atoms with Gasteiger partial charge in [0.05, 0.1) is 11.2 Å². The summed E-state index contributed by atoms with van der Waals surface area (Å²) < 4.78 is 15.1. The molecule has 18 aromatic rings. The van der Waals surface area contributed by atoms with Crippen molar-refractivity contribution >= 4 is 229 Å². The van der Waals surface area contributed by atoms with Gasteiger partial charge in [-0.1, -0.05) is 236 Å². The second-order valence-corrected chi connectivity index (χ2v) is 31.9. The van der Waals surface area contributed by atoms with E-state index in [1.807, 2.05) is 205 Å². The highest BCUT2D eigenvalue weighted by molar-refractivity contribution is 9.11. The highest BCUT2D eigenvalue weighted by Crippen LogP contribution is 2.44. The molecule has 0 spiro atoms. The number of anilines is 5. The number of carbonyl (C=O) groups excluding carboxylic acids is 2. The first-order chi connectivity index (χ1) is 52.7. The first-order valence-electron chi connectivity index (χ1n) is 33.6. The molecule has 7 N–H and O–H groups in total. The van der Waals surface area contributed by atoms with E-state index in [-0.39, 0.29) is 5.91 Å². The summed E-state index contributed by atoms with van der Waals surface area (Å²) in [6, 6.07) is 114. The van der Waals surface area contributed by atoms with E-state index in [9.17, 15) is 9.59 Å². The molecule has 0 aliphatic rings. The summed E-state index contributed by atoms with van der Waals surface area (Å²) in [5.74, 6) is -0.110. The Morgan fingerprint density at radius 3 is 1.40 bits per heavy atom. The number of fused-ring (bicyclic) bond motifs is 8. The molecule has 19 heteroatoms. The standard InChI is InChI=1S/C21H14BrNOS.C21H12BrNS.C14H11NS.C12H11N.C8H6BO2S.C7H4BrClO.C6H6BrN/c22-16-11-9-14(10-12-16)21(24)23-18-7-3-2-6-17(18)20-13-15-5-1-4-8-19(15)25-20;22-14-11-9-13(10-12-14)20-19-16-6-2-4-8-18(16)24-21(19)15-5-1-3-7-17(15)23-20;15-12-7-3-2-6-11(12)14-9-10-5-1-4-8-13(10)16-14;1-3-7-11(8-4-1)13-12-9-5-2-6-10-12;10-9-11-8-5-6-3-1-2-4-7(6)12-8;8-6-3-1-5(2-4-6)7(9)10;7-5-3-1-2-4-6(5)8/h1-13H,(H,23,24);1-12H;1-9H,15H2;1-10,13H;1-5,10H;1-4H;1-4H,8H2. The molecule has 18 rings (SSSR count). The van der Waals surface area contributed by atoms with Crippen LogP contribution < -0.4 is 26.8 Å². The highest BCUT2D eigenvalue weighted by atomic mass is 79.9. The van der Waals surface area contributed by atoms with Gasteiger partial charge in [0.1, 0.15) is 0 Å². The van der Waals surface area contributed by atoms with Gasteiger partial charge in [0.15, 0.2) is 5.06 Å². The maximum Gasteiger partial charge on any atom is 0.569 e. The van der Waals surface area contributed by atoms with Gasteiger partial charge < -0.3 is 31.8 Å². The van der Waals surface area contributed by atoms with Crippen molar-refractivity contribution in [3.8, 4) is 37.2 Å². The van der Waals surface area contributed by atoms with Crippen LogP contribution in [0.5, 0.6) is 5.06 Å². The van der Waals surface area contributed by atoms with Gasteiger partial charge in [-0.2, -0.15) is 0 Å². The second kappa shape index (κ2) is 38.7. The van der Waals surface area contributed by atoms with Crippen LogP contribution in [0, 0.1) is 0 Å². The number of nitrogens with one attached hydrogen (secondary N) is 2. The summed E-state index contributed by atoms with van der Waals surface area (Å²) in [5, 5.41) is 22.5. The van der Waals surface area contributed by atoms with Crippen LogP contribution in [0.2, 0.25) is 0 Å². The van der Waals surface area contributed by atoms with Gasteiger partial charge in [0.25, 0.3) is 11.1 Å². The van der Waals surface area contributed by atoms with Crippen molar-refractivity contribution < 1.29 is 19.3 Å². The van der Waals surface area contributed by atoms with Crippen LogP contribution in [0.25, 0.3) is 93.5 Å². The number of hydrogen-bond donors (Lipinski definition) is 5. The third kappa shape index (κ3) is 21.0. The summed E-state index contributed by atoms with van der Waals surface area (Å²) in [6.07, 6.45) is 0. The lowest BCUT2D eigenvalue weighted by Gasteiger charge is -2.10. The fourth-order valence-electron chi connectivity index (χ4n) is 11.1. The van der Waals surface area contributed by atoms with Crippen LogP contribution in [0.4, 0.5) is 28.4 Å². The number of aromatic nitrogens is 1. The molecular weight excluding hydrogens is 1700 g/mol. The Bertz CT molecular complexity index is 5860. The van der Waals surface area contributed by atoms with Crippen LogP contribution in [0.3, 0.4) is 0 Å². The lowest BCUT2D eigenvalue weighted by atomic mass is 10.0. The van der Waals surface area contributed by atoms with E-state index in [0.717, 1.165) is 89.2 Å². The third-order valence-corrected chi connectivity index (χ3v) is 23.4. The molecule has 1 amide bonds. The third-order valence-electron chi connectivity index (χ3n) is 16.3. The van der Waals surface area contributed by atoms with E-state index in [0.29, 0.717) is 23.9 Å². The normalized spacial score (nSPS) is 10.5. The zero-order chi connectivity index (χ0) is 75.1. The van der Waals surface area contributed by atoms with E-state index in [1.165, 1.54) is 61.9 Å². The Kier molecular flexibility index (Phi) is 27.8. The molecule has 0 atom stereocenters. The predicted octanol–water partition coefficient (Wildman–Crippen LogP) is 27.9. The fourth-order valence-corrected chi connectivity index (χ4v) is 16.7. The molecule has 1 radical (unpaired) electrons. The van der Waals surface area contributed by atoms with Crippen molar-refractivity contribution in [2.75, 3.05) is 22.1 Å². The minimum atomic E-state index is -0.424. The molecule has 0 bridgehead atoms. The topological polar surface area (TPSA) is 153 Å². The number of benzene rings is 13. The van der Waals surface area contributed by atoms with Crippen molar-refractivity contribution in [3.63, 3.8) is 0 Å². The van der Waals surface area contributed by atoms with Gasteiger partial charge in [0, 0.05) is 124 Å². The summed E-state index contributed by atoms with van der Waals surface area (Å²) in [7, 11) is 0.699. The minimum absolute atomic E-state index is 0.110. The molecule has 0 unspecified atom stereocenters. The molecule has 531 valence electrons. The van der Waals surface area contributed by atoms with Crippen LogP contribution in [-0.4, -0.2) is 28.8 Å². The number of rotatable bonds is 10. The SMILES string of the molecule is Brc1ccc(-c2nc3ccccc3c3sc4ccccc4c23)cc1.Nc1ccccc1-c1cc2ccccc2s1.Nc1ccccc1Br.O=C(Cl)c1ccc(Br)cc1.O=C(Nc1ccccc1-c1cc2ccccc2s1)c1ccc(Br)cc1.O[B]Oc1cc2ccccc2s1.c1ccc(Nc2ccccc2)cc1. The molecule has 0 fully saturated rings. The average Bonchev–Trinajstić information content (AvgIpc) is 1.50. The maximum atomic E-state index is 12.6. The smallest absolute Gasteiger partial charge is 0.530 e. The number of nitrogen functional groups attached to an aromatic ring is 2. The summed E-state index contributed by atoms with van der Waals surface area (Å²) in [6.45, 7) is 0. The van der Waals surface area contributed by atoms with Crippen molar-refractivity contribution in [3.05, 3.63) is 375 Å². The second-order valence-electron chi connectivity index (χ2n) is 23.7. The lowest BCUT2D eigenvalue weighted by Crippen LogP contribution is -2.12. The summed E-state index contributed by atoms with van der Waals surface area (Å²) >= 11 is 25.5.